The van der Waals surface area contributed by atoms with Gasteiger partial charge in [-0.3, -0.25) is 4.98 Å². The number of nitrogens with one attached hydrogen (secondary N) is 1. The Labute approximate surface area is 160 Å². The molecule has 3 rings (SSSR count). The van der Waals surface area contributed by atoms with Gasteiger partial charge >= 0.3 is 0 Å². The van der Waals surface area contributed by atoms with E-state index >= 15 is 0 Å². The molecule has 0 radical (unpaired) electrons. The van der Waals surface area contributed by atoms with Crippen molar-refractivity contribution in [2.75, 3.05) is 19.5 Å². The van der Waals surface area contributed by atoms with Gasteiger partial charge in [-0.1, -0.05) is 11.6 Å². The van der Waals surface area contributed by atoms with E-state index in [9.17, 15) is 4.39 Å². The first-order chi connectivity index (χ1) is 13.1. The second-order valence-corrected chi connectivity index (χ2v) is 5.76. The summed E-state index contributed by atoms with van der Waals surface area (Å²) in [5.41, 5.74) is 1.60. The van der Waals surface area contributed by atoms with Crippen LogP contribution in [0.3, 0.4) is 0 Å². The lowest BCUT2D eigenvalue weighted by Gasteiger charge is -2.14. The molecule has 0 unspecified atom stereocenters. The molecule has 0 spiro atoms. The Balaban J connectivity index is 1.99. The van der Waals surface area contributed by atoms with Crippen molar-refractivity contribution in [2.24, 2.45) is 0 Å². The van der Waals surface area contributed by atoms with Gasteiger partial charge in [-0.15, -0.1) is 0 Å². The second kappa shape index (κ2) is 8.72. The predicted molar refractivity (Wildman–Crippen MR) is 98.3 cm³/mol. The van der Waals surface area contributed by atoms with E-state index in [2.05, 4.69) is 25.2 Å². The number of rotatable bonds is 7. The summed E-state index contributed by atoms with van der Waals surface area (Å²) < 4.78 is 19.5. The highest BCUT2D eigenvalue weighted by Gasteiger charge is 2.14. The molecule has 0 saturated heterocycles. The lowest BCUT2D eigenvalue weighted by Crippen LogP contribution is -2.04. The van der Waals surface area contributed by atoms with E-state index in [1.165, 1.54) is 38.6 Å². The molecule has 0 aliphatic heterocycles. The van der Waals surface area contributed by atoms with E-state index in [4.69, 9.17) is 21.2 Å². The highest BCUT2D eigenvalue weighted by molar-refractivity contribution is 6.30. The molecule has 2 aromatic heterocycles. The molecule has 0 atom stereocenters. The molecule has 0 fully saturated rings. The molecular weight excluding hydrogens is 375 g/mol. The van der Waals surface area contributed by atoms with Crippen molar-refractivity contribution < 1.29 is 18.9 Å². The van der Waals surface area contributed by atoms with E-state index in [0.29, 0.717) is 22.3 Å². The summed E-state index contributed by atoms with van der Waals surface area (Å²) in [6.45, 7) is 0.176. The van der Waals surface area contributed by atoms with Gasteiger partial charge in [0.1, 0.15) is 12.4 Å². The van der Waals surface area contributed by atoms with E-state index in [1.54, 1.807) is 18.5 Å². The van der Waals surface area contributed by atoms with Gasteiger partial charge in [0.25, 0.3) is 0 Å². The fraction of sp³-hybridized carbons (Fsp3) is 0.167. The first-order valence-corrected chi connectivity index (χ1v) is 8.22. The average Bonchev–Trinajstić information content (AvgIpc) is 2.69. The summed E-state index contributed by atoms with van der Waals surface area (Å²) in [5.74, 6) is 0.430. The maximum atomic E-state index is 14.2. The maximum Gasteiger partial charge on any atom is 0.179 e. The zero-order valence-electron chi connectivity index (χ0n) is 14.6. The quantitative estimate of drug-likeness (QED) is 0.479. The maximum absolute atomic E-state index is 14.2. The molecule has 0 aliphatic rings. The molecule has 9 heteroatoms. The van der Waals surface area contributed by atoms with Crippen LogP contribution in [0.25, 0.3) is 11.4 Å². The van der Waals surface area contributed by atoms with Gasteiger partial charge in [0.2, 0.25) is 0 Å². The fourth-order valence-corrected chi connectivity index (χ4v) is 2.49. The first-order valence-electron chi connectivity index (χ1n) is 7.84. The molecule has 0 amide bonds. The Bertz CT molecular complexity index is 942. The van der Waals surface area contributed by atoms with Gasteiger partial charge < -0.3 is 10.1 Å². The summed E-state index contributed by atoms with van der Waals surface area (Å²) in [7, 11) is 2.91. The molecule has 0 bridgehead atoms. The van der Waals surface area contributed by atoms with Crippen LogP contribution in [0, 0.1) is 5.82 Å². The Morgan fingerprint density at radius 3 is 2.81 bits per heavy atom. The van der Waals surface area contributed by atoms with Crippen LogP contribution in [-0.2, 0) is 16.4 Å². The van der Waals surface area contributed by atoms with Crippen LogP contribution in [0.1, 0.15) is 5.56 Å². The molecule has 140 valence electrons. The van der Waals surface area contributed by atoms with Crippen LogP contribution in [0.15, 0.2) is 42.9 Å². The Hall–Kier alpha value is -2.81. The van der Waals surface area contributed by atoms with Crippen molar-refractivity contribution in [3.8, 4) is 17.1 Å². The van der Waals surface area contributed by atoms with Crippen molar-refractivity contribution in [3.05, 3.63) is 59.3 Å². The van der Waals surface area contributed by atoms with Gasteiger partial charge in [0.05, 0.1) is 26.0 Å². The van der Waals surface area contributed by atoms with Crippen LogP contribution in [-0.4, -0.2) is 29.2 Å². The number of hydrogen-bond acceptors (Lipinski definition) is 7. The van der Waals surface area contributed by atoms with Gasteiger partial charge in [0, 0.05) is 28.7 Å². The molecule has 0 aliphatic carbocycles. The van der Waals surface area contributed by atoms with Crippen molar-refractivity contribution in [1.29, 1.82) is 0 Å². The van der Waals surface area contributed by atoms with Gasteiger partial charge in [-0.2, -0.15) is 0 Å². The third-order valence-corrected chi connectivity index (χ3v) is 3.87. The molecule has 3 aromatic rings. The lowest BCUT2D eigenvalue weighted by molar-refractivity contribution is -0.282. The van der Waals surface area contributed by atoms with E-state index in [1.807, 2.05) is 0 Å². The van der Waals surface area contributed by atoms with Crippen LogP contribution in [0.5, 0.6) is 5.75 Å². The highest BCUT2D eigenvalue weighted by Crippen LogP contribution is 2.30. The summed E-state index contributed by atoms with van der Waals surface area (Å²) >= 11 is 5.97. The van der Waals surface area contributed by atoms with Gasteiger partial charge in [-0.05, 0) is 24.3 Å². The van der Waals surface area contributed by atoms with Gasteiger partial charge in [0.15, 0.2) is 17.4 Å². The number of aromatic nitrogens is 3. The molecule has 7 nitrogen and oxygen atoms in total. The Morgan fingerprint density at radius 2 is 2.04 bits per heavy atom. The van der Waals surface area contributed by atoms with E-state index in [0.717, 1.165) is 5.56 Å². The number of nitrogens with zero attached hydrogens (tertiary/aromatic N) is 3. The fourth-order valence-electron chi connectivity index (χ4n) is 2.32. The topological polar surface area (TPSA) is 78.4 Å². The Kier molecular flexibility index (Phi) is 6.12. The average molecular weight is 391 g/mol. The van der Waals surface area contributed by atoms with Crippen LogP contribution in [0.4, 0.5) is 15.9 Å². The van der Waals surface area contributed by atoms with Gasteiger partial charge in [-0.25, -0.2) is 24.1 Å². The molecule has 27 heavy (non-hydrogen) atoms. The lowest BCUT2D eigenvalue weighted by atomic mass is 10.2. The predicted octanol–water partition coefficient (Wildman–Crippen LogP) is 4.16. The minimum absolute atomic E-state index is 0.169. The minimum atomic E-state index is -0.478. The highest BCUT2D eigenvalue weighted by atomic mass is 35.5. The zero-order chi connectivity index (χ0) is 19.2. The first kappa shape index (κ1) is 19.0. The largest absolute Gasteiger partial charge is 0.491 e. The van der Waals surface area contributed by atoms with E-state index < -0.39 is 5.82 Å². The smallest absolute Gasteiger partial charge is 0.179 e. The van der Waals surface area contributed by atoms with Crippen molar-refractivity contribution in [3.63, 3.8) is 0 Å². The number of pyridine rings is 1. The summed E-state index contributed by atoms with van der Waals surface area (Å²) in [6.07, 6.45) is 4.70. The number of methoxy groups -OCH3 is 1. The van der Waals surface area contributed by atoms with Crippen molar-refractivity contribution >= 4 is 23.1 Å². The summed E-state index contributed by atoms with van der Waals surface area (Å²) in [5, 5.41) is 3.52. The van der Waals surface area contributed by atoms with E-state index in [-0.39, 0.29) is 18.0 Å². The monoisotopic (exact) mass is 390 g/mol. The third kappa shape index (κ3) is 4.48. The molecule has 1 N–H and O–H groups in total. The third-order valence-electron chi connectivity index (χ3n) is 3.63. The zero-order valence-corrected chi connectivity index (χ0v) is 15.3. The van der Waals surface area contributed by atoms with Crippen LogP contribution in [0.2, 0.25) is 5.02 Å². The van der Waals surface area contributed by atoms with Crippen molar-refractivity contribution in [1.82, 2.24) is 15.0 Å². The number of benzene rings is 1. The molecular formula is C18H16ClFN4O3. The molecule has 1 aromatic carbocycles. The second-order valence-electron chi connectivity index (χ2n) is 5.32. The number of ether oxygens (including phenoxy) is 1. The standard InChI is InChI=1S/C18H16ClFN4O3/c1-25-16-9-22-17(13-7-12(19)3-4-14(13)20)24-18(16)23-15-5-6-21-8-11(15)10-27-26-2/h3-9H,10H2,1-2H3,(H,21,22,23,24). The summed E-state index contributed by atoms with van der Waals surface area (Å²) in [4.78, 5) is 22.2. The normalized spacial score (nSPS) is 10.7. The molecule has 2 heterocycles. The van der Waals surface area contributed by atoms with Crippen LogP contribution < -0.4 is 10.1 Å². The minimum Gasteiger partial charge on any atom is -0.491 e. The number of anilines is 2. The summed E-state index contributed by atoms with van der Waals surface area (Å²) in [6, 6.07) is 5.94. The number of hydrogen-bond donors (Lipinski definition) is 1. The number of halogens is 2. The van der Waals surface area contributed by atoms with Crippen LogP contribution >= 0.6 is 11.6 Å². The molecule has 0 saturated carbocycles. The SMILES string of the molecule is COOCc1cnccc1Nc1nc(-c2cc(Cl)ccc2F)ncc1OC. The van der Waals surface area contributed by atoms with Crippen molar-refractivity contribution in [2.45, 2.75) is 6.61 Å². The Morgan fingerprint density at radius 1 is 1.19 bits per heavy atom.